The first-order valence-corrected chi connectivity index (χ1v) is 7.13. The molecule has 0 atom stereocenters. The summed E-state index contributed by atoms with van der Waals surface area (Å²) in [4.78, 5) is 4.74. The molecular weight excluding hydrogens is 269 g/mol. The standard InChI is InChI=1S/C15H10BNO2S/c18-16(19)15-17-13-11-7-3-1-5-9(11)10-6-2-4-8-12(10)14(13)20-15/h1-8,18-19H. The maximum absolute atomic E-state index is 9.37. The summed E-state index contributed by atoms with van der Waals surface area (Å²) in [5.74, 6) is 0. The van der Waals surface area contributed by atoms with Gasteiger partial charge >= 0.3 is 7.12 Å². The van der Waals surface area contributed by atoms with Gasteiger partial charge in [-0.15, -0.1) is 11.3 Å². The van der Waals surface area contributed by atoms with Gasteiger partial charge in [0.25, 0.3) is 0 Å². The summed E-state index contributed by atoms with van der Waals surface area (Å²) in [6.45, 7) is 0. The summed E-state index contributed by atoms with van der Waals surface area (Å²) in [6, 6.07) is 16.2. The number of rotatable bonds is 1. The third kappa shape index (κ3) is 1.58. The second-order valence-electron chi connectivity index (χ2n) is 4.69. The first-order chi connectivity index (χ1) is 9.75. The van der Waals surface area contributed by atoms with Gasteiger partial charge in [0.1, 0.15) is 4.91 Å². The number of hydrogen-bond donors (Lipinski definition) is 2. The number of nitrogens with zero attached hydrogens (tertiary/aromatic N) is 1. The molecule has 0 radical (unpaired) electrons. The van der Waals surface area contributed by atoms with Gasteiger partial charge in [0, 0.05) is 10.8 Å². The highest BCUT2D eigenvalue weighted by Gasteiger charge is 2.19. The van der Waals surface area contributed by atoms with E-state index < -0.39 is 7.12 Å². The Labute approximate surface area is 119 Å². The zero-order valence-electron chi connectivity index (χ0n) is 10.4. The smallest absolute Gasteiger partial charge is 0.422 e. The van der Waals surface area contributed by atoms with Crippen LogP contribution in [0.15, 0.2) is 48.5 Å². The van der Waals surface area contributed by atoms with Crippen molar-refractivity contribution in [2.24, 2.45) is 0 Å². The van der Waals surface area contributed by atoms with Crippen LogP contribution in [0.4, 0.5) is 0 Å². The minimum absolute atomic E-state index is 0.335. The maximum atomic E-state index is 9.37. The predicted octanol–water partition coefficient (Wildman–Crippen LogP) is 2.28. The Morgan fingerprint density at radius 3 is 2.00 bits per heavy atom. The molecule has 0 aliphatic carbocycles. The Kier molecular flexibility index (Phi) is 2.53. The van der Waals surface area contributed by atoms with Crippen molar-refractivity contribution in [3.63, 3.8) is 0 Å². The SMILES string of the molecule is OB(O)c1nc2c3ccccc3c3ccccc3c2s1. The highest BCUT2D eigenvalue weighted by molar-refractivity contribution is 7.28. The first-order valence-electron chi connectivity index (χ1n) is 6.32. The number of thiazole rings is 1. The van der Waals surface area contributed by atoms with Crippen molar-refractivity contribution < 1.29 is 10.0 Å². The quantitative estimate of drug-likeness (QED) is 0.415. The van der Waals surface area contributed by atoms with Gasteiger partial charge in [0.05, 0.1) is 10.2 Å². The van der Waals surface area contributed by atoms with Crippen molar-refractivity contribution in [2.75, 3.05) is 0 Å². The average Bonchev–Trinajstić information content (AvgIpc) is 2.93. The minimum Gasteiger partial charge on any atom is -0.422 e. The van der Waals surface area contributed by atoms with E-state index in [1.165, 1.54) is 16.7 Å². The first kappa shape index (κ1) is 11.8. The predicted molar refractivity (Wildman–Crippen MR) is 84.5 cm³/mol. The normalized spacial score (nSPS) is 11.5. The topological polar surface area (TPSA) is 53.4 Å². The van der Waals surface area contributed by atoms with Crippen LogP contribution in [-0.4, -0.2) is 22.2 Å². The molecule has 0 fully saturated rings. The van der Waals surface area contributed by atoms with E-state index in [0.29, 0.717) is 4.91 Å². The summed E-state index contributed by atoms with van der Waals surface area (Å²) in [5.41, 5.74) is 0.840. The van der Waals surface area contributed by atoms with Crippen LogP contribution < -0.4 is 4.91 Å². The number of fused-ring (bicyclic) bond motifs is 6. The molecule has 4 aromatic rings. The molecule has 2 N–H and O–H groups in total. The van der Waals surface area contributed by atoms with E-state index in [2.05, 4.69) is 23.2 Å². The average molecular weight is 279 g/mol. The molecular formula is C15H10BNO2S. The van der Waals surface area contributed by atoms with E-state index in [4.69, 9.17) is 0 Å². The lowest BCUT2D eigenvalue weighted by Crippen LogP contribution is -2.28. The monoisotopic (exact) mass is 279 g/mol. The van der Waals surface area contributed by atoms with Crippen LogP contribution in [0.3, 0.4) is 0 Å². The third-order valence-corrected chi connectivity index (χ3v) is 4.64. The summed E-state index contributed by atoms with van der Waals surface area (Å²) in [7, 11) is -1.52. The fraction of sp³-hybridized carbons (Fsp3) is 0. The van der Waals surface area contributed by atoms with E-state index in [0.717, 1.165) is 26.4 Å². The fourth-order valence-corrected chi connectivity index (χ4v) is 3.64. The Balaban J connectivity index is 2.32. The van der Waals surface area contributed by atoms with Crippen LogP contribution in [0.25, 0.3) is 31.8 Å². The third-order valence-electron chi connectivity index (χ3n) is 3.51. The van der Waals surface area contributed by atoms with Crippen molar-refractivity contribution in [3.05, 3.63) is 48.5 Å². The Hall–Kier alpha value is -1.95. The van der Waals surface area contributed by atoms with Crippen molar-refractivity contribution >= 4 is 55.1 Å². The van der Waals surface area contributed by atoms with Gasteiger partial charge in [-0.05, 0) is 10.8 Å². The lowest BCUT2D eigenvalue weighted by Gasteiger charge is -2.05. The highest BCUT2D eigenvalue weighted by atomic mass is 32.1. The summed E-state index contributed by atoms with van der Waals surface area (Å²) in [5, 5.41) is 23.2. The van der Waals surface area contributed by atoms with E-state index in [-0.39, 0.29) is 0 Å². The van der Waals surface area contributed by atoms with Gasteiger partial charge in [-0.2, -0.15) is 0 Å². The Morgan fingerprint density at radius 2 is 1.35 bits per heavy atom. The van der Waals surface area contributed by atoms with Crippen molar-refractivity contribution in [1.29, 1.82) is 0 Å². The van der Waals surface area contributed by atoms with Gasteiger partial charge in [-0.3, -0.25) is 0 Å². The molecule has 5 heteroatoms. The number of benzene rings is 3. The molecule has 1 heterocycles. The molecule has 0 bridgehead atoms. The zero-order valence-corrected chi connectivity index (χ0v) is 11.3. The molecule has 96 valence electrons. The van der Waals surface area contributed by atoms with Crippen LogP contribution in [0, 0.1) is 0 Å². The highest BCUT2D eigenvalue weighted by Crippen LogP contribution is 2.35. The van der Waals surface area contributed by atoms with Gasteiger partial charge < -0.3 is 10.0 Å². The minimum atomic E-state index is -1.52. The van der Waals surface area contributed by atoms with Crippen LogP contribution in [0.2, 0.25) is 0 Å². The van der Waals surface area contributed by atoms with E-state index >= 15 is 0 Å². The Morgan fingerprint density at radius 1 is 0.800 bits per heavy atom. The second-order valence-corrected chi connectivity index (χ2v) is 5.73. The number of hydrogen-bond acceptors (Lipinski definition) is 4. The molecule has 3 aromatic carbocycles. The largest absolute Gasteiger partial charge is 0.519 e. The summed E-state index contributed by atoms with van der Waals surface area (Å²) >= 11 is 1.34. The van der Waals surface area contributed by atoms with Gasteiger partial charge in [-0.1, -0.05) is 48.5 Å². The maximum Gasteiger partial charge on any atom is 0.519 e. The molecule has 0 amide bonds. The van der Waals surface area contributed by atoms with Crippen molar-refractivity contribution in [3.8, 4) is 0 Å². The van der Waals surface area contributed by atoms with Crippen LogP contribution in [0.5, 0.6) is 0 Å². The molecule has 20 heavy (non-hydrogen) atoms. The molecule has 3 nitrogen and oxygen atoms in total. The second kappa shape index (κ2) is 4.28. The van der Waals surface area contributed by atoms with E-state index in [1.54, 1.807) is 0 Å². The summed E-state index contributed by atoms with van der Waals surface area (Å²) in [6.07, 6.45) is 0. The molecule has 0 aliphatic rings. The molecule has 0 saturated heterocycles. The van der Waals surface area contributed by atoms with Gasteiger partial charge in [0.15, 0.2) is 0 Å². The molecule has 0 aliphatic heterocycles. The summed E-state index contributed by atoms with van der Waals surface area (Å²) < 4.78 is 1.00. The molecule has 0 saturated carbocycles. The van der Waals surface area contributed by atoms with Crippen molar-refractivity contribution in [1.82, 2.24) is 4.98 Å². The Bertz CT molecular complexity index is 876. The fourth-order valence-electron chi connectivity index (χ4n) is 2.65. The molecule has 1 aromatic heterocycles. The van der Waals surface area contributed by atoms with Crippen LogP contribution >= 0.6 is 11.3 Å². The van der Waals surface area contributed by atoms with E-state index in [1.807, 2.05) is 30.3 Å². The molecule has 0 unspecified atom stereocenters. The lowest BCUT2D eigenvalue weighted by molar-refractivity contribution is 0.425. The lowest BCUT2D eigenvalue weighted by atomic mass is 9.94. The molecule has 4 rings (SSSR count). The van der Waals surface area contributed by atoms with Gasteiger partial charge in [-0.25, -0.2) is 4.98 Å². The zero-order chi connectivity index (χ0) is 13.7. The molecule has 0 spiro atoms. The van der Waals surface area contributed by atoms with Crippen LogP contribution in [-0.2, 0) is 0 Å². The van der Waals surface area contributed by atoms with E-state index in [9.17, 15) is 10.0 Å². The number of aromatic nitrogens is 1. The van der Waals surface area contributed by atoms with Gasteiger partial charge in [0.2, 0.25) is 0 Å². The van der Waals surface area contributed by atoms with Crippen molar-refractivity contribution in [2.45, 2.75) is 0 Å². The van der Waals surface area contributed by atoms with Crippen LogP contribution in [0.1, 0.15) is 0 Å².